The van der Waals surface area contributed by atoms with Crippen LogP contribution in [-0.4, -0.2) is 141 Å². The van der Waals surface area contributed by atoms with Crippen molar-refractivity contribution < 1.29 is 53.1 Å². The number of ketones is 1. The Bertz CT molecular complexity index is 1820. The number of aromatic amines is 1. The number of aliphatic imine (C=N–C) groups is 1. The molecular weight excluding hydrogens is 766 g/mol. The summed E-state index contributed by atoms with van der Waals surface area (Å²) in [7, 11) is 3.73. The number of anilines is 1. The number of aliphatic hydroxyl groups is 2. The van der Waals surface area contributed by atoms with Crippen LogP contribution >= 0.6 is 0 Å². The average molecular weight is 832 g/mol. The van der Waals surface area contributed by atoms with Gasteiger partial charge in [0.25, 0.3) is 0 Å². The number of H-pyrrole nitrogens is 1. The second-order valence-electron chi connectivity index (χ2n) is 17.4. The first-order valence-corrected chi connectivity index (χ1v) is 20.6. The van der Waals surface area contributed by atoms with E-state index in [0.29, 0.717) is 34.5 Å². The molecule has 6 N–H and O–H groups in total. The van der Waals surface area contributed by atoms with Crippen LogP contribution in [0.5, 0.6) is 0 Å². The molecule has 1 amide bonds. The minimum Gasteiger partial charge on any atom is -0.459 e. The number of carbonyl (C=O) groups is 3. The van der Waals surface area contributed by atoms with Crippen LogP contribution in [-0.2, 0) is 49.5 Å². The predicted octanol–water partition coefficient (Wildman–Crippen LogP) is 2.49. The largest absolute Gasteiger partial charge is 0.459 e. The number of carbonyl (C=O) groups excluding carboxylic acids is 3. The van der Waals surface area contributed by atoms with E-state index in [9.17, 15) is 24.6 Å². The van der Waals surface area contributed by atoms with Crippen LogP contribution in [0.4, 0.5) is 5.82 Å². The third kappa shape index (κ3) is 10.4. The topological polar surface area (TPSA) is 242 Å². The minimum atomic E-state index is -1.84. The summed E-state index contributed by atoms with van der Waals surface area (Å²) < 4.78 is 32.6. The van der Waals surface area contributed by atoms with E-state index < -0.39 is 89.3 Å². The lowest BCUT2D eigenvalue weighted by Gasteiger charge is -2.47. The van der Waals surface area contributed by atoms with Crippen molar-refractivity contribution in [2.45, 2.75) is 148 Å². The monoisotopic (exact) mass is 831 g/mol. The molecular formula is C41H65N7O11. The molecule has 3 aliphatic heterocycles. The van der Waals surface area contributed by atoms with E-state index in [4.69, 9.17) is 34.3 Å². The van der Waals surface area contributed by atoms with E-state index in [-0.39, 0.29) is 44.8 Å². The van der Waals surface area contributed by atoms with Crippen LogP contribution in [0.3, 0.4) is 0 Å². The van der Waals surface area contributed by atoms with E-state index in [1.54, 1.807) is 27.0 Å². The quantitative estimate of drug-likeness (QED) is 0.146. The number of nitrogen functional groups attached to an aromatic ring is 1. The zero-order valence-corrected chi connectivity index (χ0v) is 36.3. The van der Waals surface area contributed by atoms with Gasteiger partial charge in [0.1, 0.15) is 29.5 Å². The summed E-state index contributed by atoms with van der Waals surface area (Å²) in [6.45, 7) is 15.1. The number of fused-ring (bicyclic) bond motifs is 6. The maximum absolute atomic E-state index is 14.5. The van der Waals surface area contributed by atoms with Gasteiger partial charge >= 0.3 is 5.97 Å². The van der Waals surface area contributed by atoms with Crippen LogP contribution in [0.2, 0.25) is 0 Å². The SMILES string of the molecule is CC[C@H]1OC(=O)[C@H](C)C(=O)[C@H](C)[C@@H](O[C@H]2O[C@H](C)C[C@H](N(C)C)[C@H]2O)[C@@]2(C)C[C@@H](C)C(=NC(C)=O)[C@H](C)[C@@H](OCC(NOCc3cnc4n[nH]c(N)c4c3)CO2)[C@]1(C)O. The molecule has 18 heteroatoms. The Labute approximate surface area is 346 Å². The van der Waals surface area contributed by atoms with Crippen LogP contribution < -0.4 is 11.2 Å². The van der Waals surface area contributed by atoms with Crippen molar-refractivity contribution >= 4 is 40.2 Å². The smallest absolute Gasteiger partial charge is 0.316 e. The van der Waals surface area contributed by atoms with Crippen LogP contribution in [0, 0.1) is 23.7 Å². The highest BCUT2D eigenvalue weighted by atomic mass is 16.7. The number of ether oxygens (including phenoxy) is 5. The third-order valence-electron chi connectivity index (χ3n) is 12.2. The molecule has 2 aromatic rings. The van der Waals surface area contributed by atoms with Gasteiger partial charge in [0.05, 0.1) is 55.2 Å². The molecule has 1 unspecified atom stereocenters. The number of likely N-dealkylation sites (N-methyl/N-ethyl adjacent to an activating group) is 1. The maximum atomic E-state index is 14.5. The van der Waals surface area contributed by atoms with Crippen molar-refractivity contribution in [3.05, 3.63) is 17.8 Å². The average Bonchev–Trinajstić information content (AvgIpc) is 3.54. The van der Waals surface area contributed by atoms with Crippen LogP contribution in [0.25, 0.3) is 11.0 Å². The number of esters is 1. The Morgan fingerprint density at radius 2 is 1.86 bits per heavy atom. The Morgan fingerprint density at radius 1 is 1.15 bits per heavy atom. The predicted molar refractivity (Wildman–Crippen MR) is 217 cm³/mol. The number of hydrogen-bond acceptors (Lipinski definition) is 16. The number of aliphatic hydroxyl groups excluding tert-OH is 1. The van der Waals surface area contributed by atoms with Crippen molar-refractivity contribution in [2.24, 2.45) is 28.7 Å². The number of nitrogens with zero attached hydrogens (tertiary/aromatic N) is 4. The standard InChI is InChI=1S/C41H65N7O11/c1-12-30-41(9,53)35-22(4)31(44-25(7)49)20(2)15-40(8,55-19-27(18-54-35)47-56-17-26-14-28-36(42)45-46-37(28)43-16-26)34(23(5)32(50)24(6)38(52)58-30)59-39-33(51)29(48(10)11)13-21(3)57-39/h14,16,20-24,27,29-30,33-35,39,47,51,53H,12-13,15,17-19H2,1-11H3,(H3,42,43,45,46)/t20-,21-,22+,23+,24-,27?,29+,30-,33-,34-,35-,39-,40-,41-/m1/s1. The fraction of sp³-hybridized carbons (Fsp3) is 0.756. The lowest BCUT2D eigenvalue weighted by atomic mass is 9.73. The summed E-state index contributed by atoms with van der Waals surface area (Å²) >= 11 is 0. The van der Waals surface area contributed by atoms with E-state index in [1.807, 2.05) is 45.8 Å². The summed E-state index contributed by atoms with van der Waals surface area (Å²) in [6, 6.07) is 0.789. The Balaban J connectivity index is 1.63. The van der Waals surface area contributed by atoms with Gasteiger partial charge in [-0.2, -0.15) is 10.6 Å². The normalized spacial score (nSPS) is 38.8. The van der Waals surface area contributed by atoms with Gasteiger partial charge in [0.2, 0.25) is 5.91 Å². The van der Waals surface area contributed by atoms with E-state index >= 15 is 0 Å². The molecule has 3 saturated heterocycles. The van der Waals surface area contributed by atoms with E-state index in [1.165, 1.54) is 20.8 Å². The van der Waals surface area contributed by atoms with Crippen LogP contribution in [0.15, 0.2) is 17.3 Å². The lowest BCUT2D eigenvalue weighted by molar-refractivity contribution is -0.298. The van der Waals surface area contributed by atoms with Gasteiger partial charge in [0.15, 0.2) is 17.7 Å². The van der Waals surface area contributed by atoms with Gasteiger partial charge in [-0.3, -0.25) is 24.3 Å². The summed E-state index contributed by atoms with van der Waals surface area (Å²) in [5, 5.41) is 31.5. The van der Waals surface area contributed by atoms with E-state index in [2.05, 4.69) is 25.7 Å². The molecule has 2 bridgehead atoms. The van der Waals surface area contributed by atoms with Crippen molar-refractivity contribution in [2.75, 3.05) is 33.0 Å². The Hall–Kier alpha value is -3.46. The van der Waals surface area contributed by atoms with Crippen LogP contribution in [0.1, 0.15) is 87.1 Å². The molecule has 0 saturated carbocycles. The van der Waals surface area contributed by atoms with Gasteiger partial charge in [-0.05, 0) is 78.6 Å². The second-order valence-corrected chi connectivity index (χ2v) is 17.4. The summed E-state index contributed by atoms with van der Waals surface area (Å²) in [5.74, 6) is -4.91. The number of pyridine rings is 1. The first-order valence-electron chi connectivity index (χ1n) is 20.6. The molecule has 0 spiro atoms. The van der Waals surface area contributed by atoms with Gasteiger partial charge < -0.3 is 44.5 Å². The number of nitrogens with two attached hydrogens (primary N) is 1. The third-order valence-corrected chi connectivity index (χ3v) is 12.2. The molecule has 0 aromatic carbocycles. The van der Waals surface area contributed by atoms with Crippen molar-refractivity contribution in [3.63, 3.8) is 0 Å². The maximum Gasteiger partial charge on any atom is 0.316 e. The number of hydrogen-bond donors (Lipinski definition) is 5. The molecule has 18 nitrogen and oxygen atoms in total. The molecule has 59 heavy (non-hydrogen) atoms. The lowest BCUT2D eigenvalue weighted by Crippen LogP contribution is -2.60. The van der Waals surface area contributed by atoms with Gasteiger partial charge in [-0.25, -0.2) is 9.98 Å². The molecule has 5 rings (SSSR count). The number of amides is 1. The molecule has 14 atom stereocenters. The van der Waals surface area contributed by atoms with Gasteiger partial charge in [-0.15, -0.1) is 0 Å². The fourth-order valence-corrected chi connectivity index (χ4v) is 8.99. The first-order chi connectivity index (χ1) is 27.7. The second kappa shape index (κ2) is 19.1. The summed E-state index contributed by atoms with van der Waals surface area (Å²) in [6.07, 6.45) is -3.43. The van der Waals surface area contributed by atoms with E-state index in [0.717, 1.165) is 0 Å². The molecule has 330 valence electrons. The zero-order chi connectivity index (χ0) is 43.6. The number of rotatable bonds is 8. The zero-order valence-electron chi connectivity index (χ0n) is 36.3. The van der Waals surface area contributed by atoms with Crippen molar-refractivity contribution in [1.29, 1.82) is 0 Å². The summed E-state index contributed by atoms with van der Waals surface area (Å²) in [4.78, 5) is 58.0. The first kappa shape index (κ1) is 46.6. The number of hydroxylamine groups is 1. The number of Topliss-reactive ketones (excluding diaryl/α,β-unsaturated/α-hetero) is 1. The fourth-order valence-electron chi connectivity index (χ4n) is 8.99. The molecule has 3 fully saturated rings. The highest BCUT2D eigenvalue weighted by Crippen LogP contribution is 2.40. The molecule has 5 heterocycles. The Morgan fingerprint density at radius 3 is 2.53 bits per heavy atom. The molecule has 2 aromatic heterocycles. The summed E-state index contributed by atoms with van der Waals surface area (Å²) in [5.41, 5.74) is 7.47. The minimum absolute atomic E-state index is 0.0641. The molecule has 0 radical (unpaired) electrons. The molecule has 3 aliphatic rings. The highest BCUT2D eigenvalue weighted by Gasteiger charge is 2.53. The highest BCUT2D eigenvalue weighted by molar-refractivity contribution is 6.00. The number of nitrogens with one attached hydrogen (secondary N) is 2. The van der Waals surface area contributed by atoms with Crippen molar-refractivity contribution in [1.82, 2.24) is 25.6 Å². The number of aromatic nitrogens is 3. The van der Waals surface area contributed by atoms with Crippen molar-refractivity contribution in [3.8, 4) is 0 Å². The number of cyclic esters (lactones) is 1. The molecule has 0 aliphatic carbocycles. The van der Waals surface area contributed by atoms with Gasteiger partial charge in [-0.1, -0.05) is 27.7 Å². The Kier molecular flexibility index (Phi) is 15.1. The van der Waals surface area contributed by atoms with Gasteiger partial charge in [0, 0.05) is 36.7 Å².